The molecule has 2 aromatic rings. The maximum absolute atomic E-state index is 14.9. The summed E-state index contributed by atoms with van der Waals surface area (Å²) in [7, 11) is 0. The van der Waals surface area contributed by atoms with Crippen molar-refractivity contribution in [3.63, 3.8) is 0 Å². The Morgan fingerprint density at radius 2 is 1.85 bits per heavy atom. The molecule has 0 atom stereocenters. The molecule has 1 aromatic heterocycles. The number of halogens is 1. The zero-order valence-electron chi connectivity index (χ0n) is 17.5. The molecule has 11 heteroatoms. The number of carbonyl (C=O) groups excluding carboxylic acids is 1. The minimum absolute atomic E-state index is 0. The van der Waals surface area contributed by atoms with Gasteiger partial charge in [0.2, 0.25) is 5.95 Å². The number of amidine groups is 1. The maximum Gasteiger partial charge on any atom is 0.313 e. The van der Waals surface area contributed by atoms with Gasteiger partial charge in [0.1, 0.15) is 24.7 Å². The highest BCUT2D eigenvalue weighted by Gasteiger charge is 2.20. The molecule has 0 aliphatic carbocycles. The number of aromatic nitrogens is 2. The molecular weight excluding hydrogens is 431 g/mol. The van der Waals surface area contributed by atoms with Gasteiger partial charge in [0, 0.05) is 61.8 Å². The number of nitrogens with one attached hydrogen (secondary N) is 1. The number of esters is 1. The van der Waals surface area contributed by atoms with Crippen LogP contribution in [0, 0.1) is 11.2 Å². The number of carboxylic acids is 1. The summed E-state index contributed by atoms with van der Waals surface area (Å²) in [5, 5.41) is 15.9. The van der Waals surface area contributed by atoms with Crippen LogP contribution < -0.4 is 10.6 Å². The number of hydrogen-bond donors (Lipinski definition) is 3. The van der Waals surface area contributed by atoms with Crippen LogP contribution >= 0.6 is 0 Å². The minimum Gasteiger partial charge on any atom is -0.481 e. The molecule has 33 heavy (non-hydrogen) atoms. The van der Waals surface area contributed by atoms with Crippen LogP contribution in [0.1, 0.15) is 25.8 Å². The fraction of sp³-hybridized carbons (Fsp3) is 0.409. The van der Waals surface area contributed by atoms with E-state index < -0.39 is 17.8 Å². The highest BCUT2D eigenvalue weighted by molar-refractivity contribution is 5.94. The quantitative estimate of drug-likeness (QED) is 0.290. The van der Waals surface area contributed by atoms with Gasteiger partial charge < -0.3 is 20.5 Å². The molecule has 1 aliphatic heterocycles. The van der Waals surface area contributed by atoms with E-state index in [9.17, 15) is 14.0 Å². The highest BCUT2D eigenvalue weighted by Crippen LogP contribution is 2.25. The summed E-state index contributed by atoms with van der Waals surface area (Å²) in [5.74, 6) is -1.83. The molecule has 0 unspecified atom stereocenters. The van der Waals surface area contributed by atoms with E-state index in [-0.39, 0.29) is 43.8 Å². The number of anilines is 1. The van der Waals surface area contributed by atoms with Crippen molar-refractivity contribution in [2.24, 2.45) is 5.73 Å². The first-order valence-corrected chi connectivity index (χ1v) is 10.1. The first-order chi connectivity index (χ1) is 15.3. The molecule has 1 saturated heterocycles. The molecule has 1 aliphatic rings. The normalized spacial score (nSPS) is 13.8. The molecule has 1 aromatic carbocycles. The molecule has 2 heterocycles. The van der Waals surface area contributed by atoms with E-state index in [1.54, 1.807) is 24.5 Å². The number of nitrogens with zero attached hydrogens (tertiary/aromatic N) is 4. The van der Waals surface area contributed by atoms with E-state index >= 15 is 0 Å². The van der Waals surface area contributed by atoms with E-state index in [1.807, 2.05) is 4.90 Å². The van der Waals surface area contributed by atoms with E-state index in [0.29, 0.717) is 31.1 Å². The fourth-order valence-corrected chi connectivity index (χ4v) is 3.33. The van der Waals surface area contributed by atoms with E-state index in [4.69, 9.17) is 21.0 Å². The average Bonchev–Trinajstić information content (AvgIpc) is 2.77. The predicted molar refractivity (Wildman–Crippen MR) is 121 cm³/mol. The lowest BCUT2D eigenvalue weighted by Crippen LogP contribution is -2.47. The third-order valence-corrected chi connectivity index (χ3v) is 5.05. The van der Waals surface area contributed by atoms with Crippen LogP contribution in [0.25, 0.3) is 11.1 Å². The number of carboxylic acid groups (broad SMARTS) is 1. The summed E-state index contributed by atoms with van der Waals surface area (Å²) in [6.07, 6.45) is 2.86. The summed E-state index contributed by atoms with van der Waals surface area (Å²) in [6.45, 7) is 3.04. The second kappa shape index (κ2) is 11.9. The molecule has 4 N–H and O–H groups in total. The van der Waals surface area contributed by atoms with Crippen LogP contribution in [0.15, 0.2) is 30.6 Å². The maximum atomic E-state index is 14.9. The fourth-order valence-electron chi connectivity index (χ4n) is 3.33. The lowest BCUT2D eigenvalue weighted by atomic mass is 10.1. The molecule has 0 spiro atoms. The monoisotopic (exact) mass is 460 g/mol. The molecule has 1 fully saturated rings. The Labute approximate surface area is 191 Å². The standard InChI is InChI=1S/C21H25FN6O4.CH4/c22-20-14(13-32-19(31)10-17(23)24)2-1-3-16(20)15-11-25-21(26-12-15)28-8-6-27(7-9-28)5-4-18(29)30;/h1-3,11-12H,4-10,13H2,(H3,23,24)(H,29,30);1H4. The Hall–Kier alpha value is -3.60. The van der Waals surface area contributed by atoms with Crippen molar-refractivity contribution in [3.05, 3.63) is 42.0 Å². The lowest BCUT2D eigenvalue weighted by molar-refractivity contribution is -0.143. The number of ether oxygens (including phenoxy) is 1. The van der Waals surface area contributed by atoms with Crippen molar-refractivity contribution in [2.45, 2.75) is 26.9 Å². The molecule has 10 nitrogen and oxygen atoms in total. The molecule has 0 amide bonds. The molecule has 0 radical (unpaired) electrons. The predicted octanol–water partition coefficient (Wildman–Crippen LogP) is 1.88. The van der Waals surface area contributed by atoms with Gasteiger partial charge in [0.05, 0.1) is 6.42 Å². The Morgan fingerprint density at radius 1 is 1.18 bits per heavy atom. The summed E-state index contributed by atoms with van der Waals surface area (Å²) < 4.78 is 19.9. The Kier molecular flexibility index (Phi) is 9.22. The molecule has 0 bridgehead atoms. The van der Waals surface area contributed by atoms with Crippen LogP contribution in [0.2, 0.25) is 0 Å². The van der Waals surface area contributed by atoms with Crippen LogP contribution in [0.4, 0.5) is 10.3 Å². The second-order valence-electron chi connectivity index (χ2n) is 7.39. The van der Waals surface area contributed by atoms with Gasteiger partial charge in [-0.25, -0.2) is 14.4 Å². The van der Waals surface area contributed by atoms with Gasteiger partial charge in [0.25, 0.3) is 0 Å². The minimum atomic E-state index is -0.808. The van der Waals surface area contributed by atoms with Crippen LogP contribution in [0.5, 0.6) is 0 Å². The summed E-state index contributed by atoms with van der Waals surface area (Å²) >= 11 is 0. The number of nitrogens with two attached hydrogens (primary N) is 1. The average molecular weight is 461 g/mol. The highest BCUT2D eigenvalue weighted by atomic mass is 19.1. The van der Waals surface area contributed by atoms with Crippen molar-refractivity contribution in [1.29, 1.82) is 5.41 Å². The first-order valence-electron chi connectivity index (χ1n) is 10.1. The van der Waals surface area contributed by atoms with Crippen molar-refractivity contribution < 1.29 is 23.8 Å². The van der Waals surface area contributed by atoms with E-state index in [1.165, 1.54) is 6.07 Å². The van der Waals surface area contributed by atoms with Crippen molar-refractivity contribution in [3.8, 4) is 11.1 Å². The van der Waals surface area contributed by atoms with Gasteiger partial charge in [0.15, 0.2) is 0 Å². The van der Waals surface area contributed by atoms with Gasteiger partial charge in [-0.05, 0) is 0 Å². The summed E-state index contributed by atoms with van der Waals surface area (Å²) in [4.78, 5) is 35.1. The molecular formula is C22H29FN6O4. The number of carbonyl (C=O) groups is 2. The first kappa shape index (κ1) is 25.7. The second-order valence-corrected chi connectivity index (χ2v) is 7.39. The zero-order chi connectivity index (χ0) is 23.1. The number of hydrogen-bond acceptors (Lipinski definition) is 8. The summed E-state index contributed by atoms with van der Waals surface area (Å²) in [5.41, 5.74) is 6.13. The van der Waals surface area contributed by atoms with Gasteiger partial charge in [-0.3, -0.25) is 19.9 Å². The Morgan fingerprint density at radius 3 is 2.45 bits per heavy atom. The third kappa shape index (κ3) is 7.21. The molecule has 0 saturated carbocycles. The summed E-state index contributed by atoms with van der Waals surface area (Å²) in [6, 6.07) is 4.76. The smallest absolute Gasteiger partial charge is 0.313 e. The van der Waals surface area contributed by atoms with Gasteiger partial charge in [-0.2, -0.15) is 0 Å². The Bertz CT molecular complexity index is 977. The van der Waals surface area contributed by atoms with Gasteiger partial charge in [-0.15, -0.1) is 0 Å². The number of aliphatic carboxylic acids is 1. The van der Waals surface area contributed by atoms with Crippen molar-refractivity contribution in [2.75, 3.05) is 37.6 Å². The van der Waals surface area contributed by atoms with E-state index in [0.717, 1.165) is 13.1 Å². The van der Waals surface area contributed by atoms with Crippen LogP contribution in [-0.4, -0.2) is 70.5 Å². The van der Waals surface area contributed by atoms with E-state index in [2.05, 4.69) is 14.9 Å². The SMILES string of the molecule is C.N=C(N)CC(=O)OCc1cccc(-c2cnc(N3CCN(CCC(=O)O)CC3)nc2)c1F. The third-order valence-electron chi connectivity index (χ3n) is 5.05. The number of benzene rings is 1. The Balaban J connectivity index is 0.00000385. The van der Waals surface area contributed by atoms with Gasteiger partial charge in [-0.1, -0.05) is 25.6 Å². The zero-order valence-corrected chi connectivity index (χ0v) is 17.5. The van der Waals surface area contributed by atoms with Gasteiger partial charge >= 0.3 is 11.9 Å². The lowest BCUT2D eigenvalue weighted by Gasteiger charge is -2.34. The van der Waals surface area contributed by atoms with Crippen molar-refractivity contribution >= 4 is 23.7 Å². The molecule has 178 valence electrons. The van der Waals surface area contributed by atoms with Crippen LogP contribution in [-0.2, 0) is 20.9 Å². The van der Waals surface area contributed by atoms with Crippen molar-refractivity contribution in [1.82, 2.24) is 14.9 Å². The molecule has 3 rings (SSSR count). The largest absolute Gasteiger partial charge is 0.481 e. The van der Waals surface area contributed by atoms with Crippen LogP contribution in [0.3, 0.4) is 0 Å². The topological polar surface area (TPSA) is 146 Å². The number of rotatable bonds is 9. The number of piperazine rings is 1.